The SMILES string of the molecule is CC(=O)SCC1CCCN1C(=O)OC(C)(C)C. The second kappa shape index (κ2) is 5.76. The highest BCUT2D eigenvalue weighted by atomic mass is 32.2. The highest BCUT2D eigenvalue weighted by Gasteiger charge is 2.32. The van der Waals surface area contributed by atoms with Gasteiger partial charge in [0.25, 0.3) is 0 Å². The van der Waals surface area contributed by atoms with E-state index in [4.69, 9.17) is 4.74 Å². The lowest BCUT2D eigenvalue weighted by Gasteiger charge is -2.28. The van der Waals surface area contributed by atoms with Crippen molar-refractivity contribution in [3.63, 3.8) is 0 Å². The number of hydrogen-bond acceptors (Lipinski definition) is 4. The van der Waals surface area contributed by atoms with Gasteiger partial charge in [-0.05, 0) is 33.6 Å². The van der Waals surface area contributed by atoms with Gasteiger partial charge in [-0.25, -0.2) is 4.79 Å². The van der Waals surface area contributed by atoms with Gasteiger partial charge in [-0.3, -0.25) is 4.79 Å². The summed E-state index contributed by atoms with van der Waals surface area (Å²) in [6.07, 6.45) is 1.69. The standard InChI is InChI=1S/C12H21NO3S/c1-9(14)17-8-10-6-5-7-13(10)11(15)16-12(2,3)4/h10H,5-8H2,1-4H3. The van der Waals surface area contributed by atoms with Crippen molar-refractivity contribution in [1.29, 1.82) is 0 Å². The van der Waals surface area contributed by atoms with Crippen LogP contribution in [0.3, 0.4) is 0 Å². The van der Waals surface area contributed by atoms with Crippen molar-refractivity contribution in [3.05, 3.63) is 0 Å². The van der Waals surface area contributed by atoms with E-state index >= 15 is 0 Å². The molecule has 1 saturated heterocycles. The fraction of sp³-hybridized carbons (Fsp3) is 0.833. The van der Waals surface area contributed by atoms with E-state index in [0.717, 1.165) is 19.4 Å². The molecular formula is C12H21NO3S. The molecule has 1 heterocycles. The topological polar surface area (TPSA) is 46.6 Å². The molecule has 4 nitrogen and oxygen atoms in total. The van der Waals surface area contributed by atoms with Crippen LogP contribution in [0.4, 0.5) is 4.79 Å². The molecule has 1 atom stereocenters. The number of carbonyl (C=O) groups excluding carboxylic acids is 2. The molecule has 98 valence electrons. The van der Waals surface area contributed by atoms with Crippen LogP contribution in [-0.4, -0.2) is 40.0 Å². The van der Waals surface area contributed by atoms with Gasteiger partial charge in [-0.15, -0.1) is 0 Å². The van der Waals surface area contributed by atoms with Gasteiger partial charge in [0.1, 0.15) is 5.60 Å². The van der Waals surface area contributed by atoms with Gasteiger partial charge in [0.05, 0.1) is 0 Å². The van der Waals surface area contributed by atoms with Gasteiger partial charge in [0, 0.05) is 25.3 Å². The number of hydrogen-bond donors (Lipinski definition) is 0. The Bertz CT molecular complexity index is 299. The van der Waals surface area contributed by atoms with Crippen molar-refractivity contribution in [2.75, 3.05) is 12.3 Å². The lowest BCUT2D eigenvalue weighted by Crippen LogP contribution is -2.40. The van der Waals surface area contributed by atoms with Gasteiger partial charge in [0.2, 0.25) is 0 Å². The van der Waals surface area contributed by atoms with Crippen molar-refractivity contribution in [1.82, 2.24) is 4.90 Å². The minimum Gasteiger partial charge on any atom is -0.444 e. The van der Waals surface area contributed by atoms with E-state index in [9.17, 15) is 9.59 Å². The summed E-state index contributed by atoms with van der Waals surface area (Å²) >= 11 is 1.28. The number of ether oxygens (including phenoxy) is 1. The van der Waals surface area contributed by atoms with Crippen LogP contribution in [0.5, 0.6) is 0 Å². The van der Waals surface area contributed by atoms with Crippen molar-refractivity contribution in [3.8, 4) is 0 Å². The summed E-state index contributed by atoms with van der Waals surface area (Å²) in [5.74, 6) is 0.675. The third-order valence-electron chi connectivity index (χ3n) is 2.48. The zero-order valence-corrected chi connectivity index (χ0v) is 11.8. The maximum Gasteiger partial charge on any atom is 0.410 e. The smallest absolute Gasteiger partial charge is 0.410 e. The van der Waals surface area contributed by atoms with Gasteiger partial charge in [0.15, 0.2) is 5.12 Å². The zero-order valence-electron chi connectivity index (χ0n) is 11.0. The molecule has 1 amide bonds. The number of likely N-dealkylation sites (tertiary alicyclic amines) is 1. The fourth-order valence-corrected chi connectivity index (χ4v) is 2.56. The van der Waals surface area contributed by atoms with E-state index in [2.05, 4.69) is 0 Å². The Balaban J connectivity index is 2.51. The highest BCUT2D eigenvalue weighted by molar-refractivity contribution is 8.13. The molecule has 0 aliphatic carbocycles. The lowest BCUT2D eigenvalue weighted by atomic mass is 10.2. The fourth-order valence-electron chi connectivity index (χ4n) is 1.78. The average Bonchev–Trinajstić information content (AvgIpc) is 2.59. The normalized spacial score (nSPS) is 20.5. The Hall–Kier alpha value is -0.710. The summed E-state index contributed by atoms with van der Waals surface area (Å²) in [6.45, 7) is 7.87. The molecule has 0 saturated carbocycles. The Kier molecular flexibility index (Phi) is 4.86. The van der Waals surface area contributed by atoms with Gasteiger partial charge in [-0.1, -0.05) is 11.8 Å². The summed E-state index contributed by atoms with van der Waals surface area (Å²) in [5, 5.41) is 0.0982. The Morgan fingerprint density at radius 1 is 1.41 bits per heavy atom. The quantitative estimate of drug-likeness (QED) is 0.765. The molecule has 5 heteroatoms. The molecule has 0 aromatic rings. The molecule has 0 N–H and O–H groups in total. The summed E-state index contributed by atoms with van der Waals surface area (Å²) in [7, 11) is 0. The van der Waals surface area contributed by atoms with E-state index in [0.29, 0.717) is 5.75 Å². The van der Waals surface area contributed by atoms with Crippen LogP contribution in [-0.2, 0) is 9.53 Å². The zero-order chi connectivity index (χ0) is 13.1. The molecule has 1 aliphatic heterocycles. The van der Waals surface area contributed by atoms with E-state index in [1.165, 1.54) is 11.8 Å². The molecule has 0 bridgehead atoms. The third kappa shape index (κ3) is 4.98. The Labute approximate surface area is 107 Å². The van der Waals surface area contributed by atoms with Crippen LogP contribution in [0.1, 0.15) is 40.5 Å². The van der Waals surface area contributed by atoms with Gasteiger partial charge >= 0.3 is 6.09 Å². The van der Waals surface area contributed by atoms with Crippen LogP contribution in [0.15, 0.2) is 0 Å². The van der Waals surface area contributed by atoms with Crippen LogP contribution >= 0.6 is 11.8 Å². The monoisotopic (exact) mass is 259 g/mol. The number of thioether (sulfide) groups is 1. The molecule has 0 spiro atoms. The molecule has 0 aromatic heterocycles. The maximum atomic E-state index is 11.9. The molecule has 0 radical (unpaired) electrons. The molecule has 1 aliphatic rings. The second-order valence-corrected chi connectivity index (χ2v) is 6.47. The van der Waals surface area contributed by atoms with Crippen LogP contribution < -0.4 is 0 Å². The van der Waals surface area contributed by atoms with E-state index in [1.807, 2.05) is 20.8 Å². The van der Waals surface area contributed by atoms with E-state index < -0.39 is 5.60 Å². The second-order valence-electron chi connectivity index (χ2n) is 5.27. The molecule has 17 heavy (non-hydrogen) atoms. The lowest BCUT2D eigenvalue weighted by molar-refractivity contribution is -0.109. The third-order valence-corrected chi connectivity index (χ3v) is 3.44. The first kappa shape index (κ1) is 14.4. The number of rotatable bonds is 2. The number of carbonyl (C=O) groups is 2. The number of nitrogens with zero attached hydrogens (tertiary/aromatic N) is 1. The van der Waals surface area contributed by atoms with Crippen LogP contribution in [0.25, 0.3) is 0 Å². The molecular weight excluding hydrogens is 238 g/mol. The van der Waals surface area contributed by atoms with Crippen molar-refractivity contribution >= 4 is 23.0 Å². The Morgan fingerprint density at radius 3 is 2.59 bits per heavy atom. The predicted octanol–water partition coefficient (Wildman–Crippen LogP) is 2.67. The van der Waals surface area contributed by atoms with Gasteiger partial charge in [-0.2, -0.15) is 0 Å². The van der Waals surface area contributed by atoms with Gasteiger partial charge < -0.3 is 9.64 Å². The highest BCUT2D eigenvalue weighted by Crippen LogP contribution is 2.23. The van der Waals surface area contributed by atoms with Crippen molar-refractivity contribution < 1.29 is 14.3 Å². The molecule has 0 aromatic carbocycles. The Morgan fingerprint density at radius 2 is 2.06 bits per heavy atom. The van der Waals surface area contributed by atoms with Crippen LogP contribution in [0, 0.1) is 0 Å². The minimum atomic E-state index is -0.460. The number of amides is 1. The molecule has 1 rings (SSSR count). The summed E-state index contributed by atoms with van der Waals surface area (Å²) in [4.78, 5) is 24.6. The molecule has 1 unspecified atom stereocenters. The van der Waals surface area contributed by atoms with E-state index in [-0.39, 0.29) is 17.3 Å². The summed E-state index contributed by atoms with van der Waals surface area (Å²) < 4.78 is 5.35. The van der Waals surface area contributed by atoms with Crippen molar-refractivity contribution in [2.24, 2.45) is 0 Å². The molecule has 1 fully saturated rings. The van der Waals surface area contributed by atoms with E-state index in [1.54, 1.807) is 11.8 Å². The first-order valence-electron chi connectivity index (χ1n) is 5.92. The largest absolute Gasteiger partial charge is 0.444 e. The summed E-state index contributed by atoms with van der Waals surface area (Å²) in [6, 6.07) is 0.138. The average molecular weight is 259 g/mol. The maximum absolute atomic E-state index is 11.9. The first-order valence-corrected chi connectivity index (χ1v) is 6.91. The van der Waals surface area contributed by atoms with Crippen LogP contribution in [0.2, 0.25) is 0 Å². The summed E-state index contributed by atoms with van der Waals surface area (Å²) in [5.41, 5.74) is -0.460. The van der Waals surface area contributed by atoms with Crippen molar-refractivity contribution in [2.45, 2.75) is 52.2 Å². The minimum absolute atomic E-state index is 0.0982. The predicted molar refractivity (Wildman–Crippen MR) is 69.1 cm³/mol. The first-order chi connectivity index (χ1) is 7.79.